The number of rotatable bonds is 8. The fourth-order valence-corrected chi connectivity index (χ4v) is 3.22. The predicted octanol–water partition coefficient (Wildman–Crippen LogP) is 2.54. The molecule has 1 aliphatic heterocycles. The van der Waals surface area contributed by atoms with Crippen LogP contribution in [0.25, 0.3) is 0 Å². The molecule has 0 radical (unpaired) electrons. The fourth-order valence-electron chi connectivity index (χ4n) is 3.22. The summed E-state index contributed by atoms with van der Waals surface area (Å²) in [6, 6.07) is 8.60. The van der Waals surface area contributed by atoms with Crippen molar-refractivity contribution >= 4 is 11.9 Å². The largest absolute Gasteiger partial charge is 0.373 e. The Hall–Kier alpha value is -2.08. The molecular formula is C21H34N4O2. The molecule has 1 aromatic carbocycles. The Bertz CT molecular complexity index is 601. The lowest BCUT2D eigenvalue weighted by atomic mass is 9.89. The average molecular weight is 375 g/mol. The second kappa shape index (κ2) is 11.6. The summed E-state index contributed by atoms with van der Waals surface area (Å²) in [4.78, 5) is 16.2. The van der Waals surface area contributed by atoms with Crippen molar-refractivity contribution in [1.29, 1.82) is 0 Å². The molecule has 1 aliphatic rings. The van der Waals surface area contributed by atoms with Crippen LogP contribution in [0.15, 0.2) is 29.3 Å². The van der Waals surface area contributed by atoms with E-state index in [1.807, 2.05) is 13.8 Å². The first-order valence-corrected chi connectivity index (χ1v) is 10.1. The number of ether oxygens (including phenoxy) is 1. The molecule has 150 valence electrons. The van der Waals surface area contributed by atoms with Gasteiger partial charge in [-0.25, -0.2) is 4.99 Å². The first kappa shape index (κ1) is 21.2. The maximum Gasteiger partial charge on any atom is 0.241 e. The molecule has 0 saturated carbocycles. The molecule has 2 atom stereocenters. The number of aryl methyl sites for hydroxylation is 1. The molecule has 1 fully saturated rings. The summed E-state index contributed by atoms with van der Waals surface area (Å²) >= 11 is 0. The smallest absolute Gasteiger partial charge is 0.241 e. The van der Waals surface area contributed by atoms with Crippen LogP contribution < -0.4 is 16.0 Å². The number of aliphatic imine (C=N–C) groups is 1. The third-order valence-electron chi connectivity index (χ3n) is 4.68. The van der Waals surface area contributed by atoms with Gasteiger partial charge >= 0.3 is 0 Å². The number of hydrogen-bond donors (Lipinski definition) is 3. The van der Waals surface area contributed by atoms with Crippen LogP contribution in [-0.2, 0) is 9.53 Å². The second-order valence-electron chi connectivity index (χ2n) is 7.03. The topological polar surface area (TPSA) is 74.8 Å². The highest BCUT2D eigenvalue weighted by Crippen LogP contribution is 2.33. The molecular weight excluding hydrogens is 340 g/mol. The molecule has 3 N–H and O–H groups in total. The molecule has 6 nitrogen and oxygen atoms in total. The van der Waals surface area contributed by atoms with E-state index in [0.29, 0.717) is 18.4 Å². The van der Waals surface area contributed by atoms with Crippen molar-refractivity contribution in [3.63, 3.8) is 0 Å². The number of benzene rings is 1. The van der Waals surface area contributed by atoms with Gasteiger partial charge < -0.3 is 20.7 Å². The number of nitrogens with one attached hydrogen (secondary N) is 3. The Balaban J connectivity index is 1.94. The summed E-state index contributed by atoms with van der Waals surface area (Å²) in [6.45, 7) is 9.31. The number of hydrogen-bond acceptors (Lipinski definition) is 3. The minimum Gasteiger partial charge on any atom is -0.373 e. The Morgan fingerprint density at radius 2 is 1.96 bits per heavy atom. The van der Waals surface area contributed by atoms with Gasteiger partial charge in [0, 0.05) is 32.2 Å². The van der Waals surface area contributed by atoms with Gasteiger partial charge in [0.1, 0.15) is 6.54 Å². The molecule has 0 bridgehead atoms. The third kappa shape index (κ3) is 7.21. The Labute approximate surface area is 163 Å². The summed E-state index contributed by atoms with van der Waals surface area (Å²) < 4.78 is 6.09. The van der Waals surface area contributed by atoms with E-state index < -0.39 is 0 Å². The van der Waals surface area contributed by atoms with E-state index in [-0.39, 0.29) is 18.6 Å². The summed E-state index contributed by atoms with van der Waals surface area (Å²) in [7, 11) is 0. The molecule has 0 spiro atoms. The van der Waals surface area contributed by atoms with Crippen molar-refractivity contribution in [2.24, 2.45) is 10.9 Å². The van der Waals surface area contributed by atoms with Crippen LogP contribution in [-0.4, -0.2) is 44.7 Å². The highest BCUT2D eigenvalue weighted by molar-refractivity contribution is 5.84. The normalized spacial score (nSPS) is 20.2. The van der Waals surface area contributed by atoms with Crippen LogP contribution in [0.1, 0.15) is 50.3 Å². The summed E-state index contributed by atoms with van der Waals surface area (Å²) in [5, 5.41) is 9.45. The average Bonchev–Trinajstić information content (AvgIpc) is 2.69. The van der Waals surface area contributed by atoms with E-state index in [0.717, 1.165) is 39.0 Å². The lowest BCUT2D eigenvalue weighted by Crippen LogP contribution is -2.42. The zero-order valence-corrected chi connectivity index (χ0v) is 16.9. The molecule has 2 rings (SSSR count). The van der Waals surface area contributed by atoms with E-state index >= 15 is 0 Å². The van der Waals surface area contributed by atoms with Crippen LogP contribution in [0.3, 0.4) is 0 Å². The van der Waals surface area contributed by atoms with Gasteiger partial charge in [-0.3, -0.25) is 4.79 Å². The minimum absolute atomic E-state index is 0.0485. The number of amides is 1. The Kier molecular flexibility index (Phi) is 9.11. The van der Waals surface area contributed by atoms with Gasteiger partial charge in [-0.2, -0.15) is 0 Å². The third-order valence-corrected chi connectivity index (χ3v) is 4.68. The SMILES string of the molecule is CCCNC(=O)CN=C(NCC)NCC1CCCOC1c1ccc(C)cc1. The monoisotopic (exact) mass is 374 g/mol. The van der Waals surface area contributed by atoms with Gasteiger partial charge in [-0.1, -0.05) is 36.8 Å². The number of carbonyl (C=O) groups excluding carboxylic acids is 1. The van der Waals surface area contributed by atoms with Crippen molar-refractivity contribution in [2.45, 2.75) is 46.1 Å². The van der Waals surface area contributed by atoms with Crippen LogP contribution in [0.4, 0.5) is 0 Å². The second-order valence-corrected chi connectivity index (χ2v) is 7.03. The number of nitrogens with zero attached hydrogens (tertiary/aromatic N) is 1. The predicted molar refractivity (Wildman–Crippen MR) is 110 cm³/mol. The van der Waals surface area contributed by atoms with Gasteiger partial charge in [0.2, 0.25) is 5.91 Å². The molecule has 1 aromatic rings. The zero-order valence-electron chi connectivity index (χ0n) is 16.9. The fraction of sp³-hybridized carbons (Fsp3) is 0.619. The van der Waals surface area contributed by atoms with Crippen molar-refractivity contribution in [3.05, 3.63) is 35.4 Å². The van der Waals surface area contributed by atoms with Crippen LogP contribution in [0, 0.1) is 12.8 Å². The molecule has 1 saturated heterocycles. The summed E-state index contributed by atoms with van der Waals surface area (Å²) in [5.41, 5.74) is 2.49. The molecule has 6 heteroatoms. The molecule has 0 aliphatic carbocycles. The van der Waals surface area contributed by atoms with E-state index in [1.54, 1.807) is 0 Å². The highest BCUT2D eigenvalue weighted by Gasteiger charge is 2.27. The van der Waals surface area contributed by atoms with E-state index in [2.05, 4.69) is 52.1 Å². The van der Waals surface area contributed by atoms with Crippen LogP contribution >= 0.6 is 0 Å². The molecule has 1 amide bonds. The zero-order chi connectivity index (χ0) is 19.5. The van der Waals surface area contributed by atoms with E-state index in [1.165, 1.54) is 11.1 Å². The van der Waals surface area contributed by atoms with Gasteiger partial charge in [0.05, 0.1) is 6.10 Å². The van der Waals surface area contributed by atoms with Crippen LogP contribution in [0.5, 0.6) is 0 Å². The molecule has 1 heterocycles. The summed E-state index contributed by atoms with van der Waals surface area (Å²) in [6.07, 6.45) is 3.21. The minimum atomic E-state index is -0.0485. The van der Waals surface area contributed by atoms with Crippen molar-refractivity contribution in [1.82, 2.24) is 16.0 Å². The standard InChI is InChI=1S/C21H34N4O2/c1-4-12-23-19(26)15-25-21(22-5-2)24-14-18-7-6-13-27-20(18)17-10-8-16(3)9-11-17/h8-11,18,20H,4-7,12-15H2,1-3H3,(H,23,26)(H2,22,24,25). The Morgan fingerprint density at radius 3 is 2.67 bits per heavy atom. The van der Waals surface area contributed by atoms with Crippen LogP contribution in [0.2, 0.25) is 0 Å². The van der Waals surface area contributed by atoms with Crippen molar-refractivity contribution < 1.29 is 9.53 Å². The van der Waals surface area contributed by atoms with Gasteiger partial charge in [0.15, 0.2) is 5.96 Å². The first-order chi connectivity index (χ1) is 13.1. The van der Waals surface area contributed by atoms with E-state index in [4.69, 9.17) is 4.74 Å². The summed E-state index contributed by atoms with van der Waals surface area (Å²) in [5.74, 6) is 1.00. The van der Waals surface area contributed by atoms with E-state index in [9.17, 15) is 4.79 Å². The van der Waals surface area contributed by atoms with Gasteiger partial charge in [-0.05, 0) is 38.7 Å². The maximum absolute atomic E-state index is 11.8. The van der Waals surface area contributed by atoms with Crippen molar-refractivity contribution in [2.75, 3.05) is 32.8 Å². The number of carbonyl (C=O) groups is 1. The van der Waals surface area contributed by atoms with Gasteiger partial charge in [0.25, 0.3) is 0 Å². The van der Waals surface area contributed by atoms with Gasteiger partial charge in [-0.15, -0.1) is 0 Å². The molecule has 0 aromatic heterocycles. The number of guanidine groups is 1. The lowest BCUT2D eigenvalue weighted by Gasteiger charge is -2.32. The Morgan fingerprint density at radius 1 is 1.19 bits per heavy atom. The lowest BCUT2D eigenvalue weighted by molar-refractivity contribution is -0.119. The molecule has 27 heavy (non-hydrogen) atoms. The maximum atomic E-state index is 11.8. The molecule has 2 unspecified atom stereocenters. The van der Waals surface area contributed by atoms with Crippen molar-refractivity contribution in [3.8, 4) is 0 Å². The first-order valence-electron chi connectivity index (χ1n) is 10.1. The quantitative estimate of drug-likeness (QED) is 0.483. The highest BCUT2D eigenvalue weighted by atomic mass is 16.5.